The van der Waals surface area contributed by atoms with Crippen molar-refractivity contribution in [2.75, 3.05) is 13.6 Å². The van der Waals surface area contributed by atoms with Gasteiger partial charge in [0.2, 0.25) is 5.88 Å². The average Bonchev–Trinajstić information content (AvgIpc) is 2.59. The van der Waals surface area contributed by atoms with Gasteiger partial charge in [0.15, 0.2) is 5.96 Å². The number of nitrogens with one attached hydrogen (secondary N) is 2. The molecule has 6 heteroatoms. The summed E-state index contributed by atoms with van der Waals surface area (Å²) in [6.45, 7) is 5.73. The molecule has 2 rings (SSSR count). The van der Waals surface area contributed by atoms with Crippen molar-refractivity contribution in [1.29, 1.82) is 0 Å². The van der Waals surface area contributed by atoms with Gasteiger partial charge in [0.1, 0.15) is 11.6 Å². The van der Waals surface area contributed by atoms with Crippen molar-refractivity contribution in [3.05, 3.63) is 54.0 Å². The van der Waals surface area contributed by atoms with Crippen LogP contribution in [0.3, 0.4) is 0 Å². The molecule has 0 atom stereocenters. The Balaban J connectivity index is 1.98. The van der Waals surface area contributed by atoms with Crippen LogP contribution in [0.4, 0.5) is 4.39 Å². The van der Waals surface area contributed by atoms with Gasteiger partial charge in [-0.05, 0) is 30.5 Å². The van der Waals surface area contributed by atoms with E-state index in [-0.39, 0.29) is 5.82 Å². The molecule has 0 amide bonds. The van der Waals surface area contributed by atoms with Crippen LogP contribution in [-0.2, 0) is 6.54 Å². The minimum atomic E-state index is -0.345. The van der Waals surface area contributed by atoms with Gasteiger partial charge in [-0.15, -0.1) is 0 Å². The van der Waals surface area contributed by atoms with Crippen LogP contribution in [0.5, 0.6) is 11.6 Å². The monoisotopic (exact) mass is 344 g/mol. The molecule has 0 spiro atoms. The number of ether oxygens (including phenoxy) is 1. The van der Waals surface area contributed by atoms with Gasteiger partial charge in [-0.3, -0.25) is 4.99 Å². The highest BCUT2D eigenvalue weighted by Crippen LogP contribution is 2.23. The van der Waals surface area contributed by atoms with E-state index >= 15 is 0 Å². The van der Waals surface area contributed by atoms with E-state index in [4.69, 9.17) is 4.74 Å². The molecule has 25 heavy (non-hydrogen) atoms. The third kappa shape index (κ3) is 6.41. The molecule has 5 nitrogen and oxygen atoms in total. The minimum absolute atomic E-state index is 0.345. The quantitative estimate of drug-likeness (QED) is 0.594. The number of hydrogen-bond acceptors (Lipinski definition) is 3. The van der Waals surface area contributed by atoms with Crippen LogP contribution in [-0.4, -0.2) is 24.5 Å². The summed E-state index contributed by atoms with van der Waals surface area (Å²) in [5.74, 6) is 1.87. The third-order valence-electron chi connectivity index (χ3n) is 3.54. The molecule has 0 fully saturated rings. The number of hydrogen-bond donors (Lipinski definition) is 2. The van der Waals surface area contributed by atoms with Crippen molar-refractivity contribution in [2.24, 2.45) is 10.9 Å². The van der Waals surface area contributed by atoms with Crippen molar-refractivity contribution in [2.45, 2.75) is 26.8 Å². The zero-order valence-electron chi connectivity index (χ0n) is 14.9. The highest BCUT2D eigenvalue weighted by molar-refractivity contribution is 5.79. The summed E-state index contributed by atoms with van der Waals surface area (Å²) >= 11 is 0. The molecule has 2 aromatic rings. The van der Waals surface area contributed by atoms with E-state index in [1.54, 1.807) is 25.4 Å². The molecule has 2 N–H and O–H groups in total. The molecule has 0 aliphatic carbocycles. The van der Waals surface area contributed by atoms with Crippen molar-refractivity contribution >= 4 is 5.96 Å². The zero-order valence-corrected chi connectivity index (χ0v) is 14.9. The number of pyridine rings is 1. The number of nitrogens with zero attached hydrogens (tertiary/aromatic N) is 2. The number of aliphatic imine (C=N–C) groups is 1. The summed E-state index contributed by atoms with van der Waals surface area (Å²) in [7, 11) is 1.73. The summed E-state index contributed by atoms with van der Waals surface area (Å²) < 4.78 is 19.0. The lowest BCUT2D eigenvalue weighted by Gasteiger charge is -2.14. The van der Waals surface area contributed by atoms with E-state index in [0.717, 1.165) is 24.5 Å². The van der Waals surface area contributed by atoms with Crippen LogP contribution in [0.1, 0.15) is 25.8 Å². The molecule has 1 heterocycles. The number of halogens is 1. The molecule has 0 saturated carbocycles. The average molecular weight is 344 g/mol. The Hall–Kier alpha value is -2.63. The van der Waals surface area contributed by atoms with Crippen LogP contribution in [0.25, 0.3) is 0 Å². The molecule has 1 aromatic carbocycles. The van der Waals surface area contributed by atoms with Crippen LogP contribution >= 0.6 is 0 Å². The second-order valence-corrected chi connectivity index (χ2v) is 6.06. The first kappa shape index (κ1) is 18.7. The highest BCUT2D eigenvalue weighted by Gasteiger charge is 2.08. The first-order valence-electron chi connectivity index (χ1n) is 8.40. The van der Waals surface area contributed by atoms with E-state index in [1.165, 1.54) is 12.1 Å². The summed E-state index contributed by atoms with van der Waals surface area (Å²) in [6.07, 6.45) is 2.72. The van der Waals surface area contributed by atoms with Crippen molar-refractivity contribution in [3.63, 3.8) is 0 Å². The second kappa shape index (κ2) is 9.61. The fourth-order valence-corrected chi connectivity index (χ4v) is 2.17. The first-order valence-corrected chi connectivity index (χ1v) is 8.40. The van der Waals surface area contributed by atoms with Crippen LogP contribution in [0.2, 0.25) is 0 Å². The maximum Gasteiger partial charge on any atom is 0.224 e. The van der Waals surface area contributed by atoms with E-state index in [2.05, 4.69) is 34.5 Å². The maximum absolute atomic E-state index is 13.3. The Morgan fingerprint density at radius 3 is 2.80 bits per heavy atom. The van der Waals surface area contributed by atoms with E-state index in [0.29, 0.717) is 24.1 Å². The topological polar surface area (TPSA) is 58.5 Å². The van der Waals surface area contributed by atoms with Gasteiger partial charge >= 0.3 is 0 Å². The highest BCUT2D eigenvalue weighted by atomic mass is 19.1. The van der Waals surface area contributed by atoms with Gasteiger partial charge in [-0.25, -0.2) is 9.37 Å². The Morgan fingerprint density at radius 2 is 2.08 bits per heavy atom. The number of guanidine groups is 1. The van der Waals surface area contributed by atoms with Crippen LogP contribution < -0.4 is 15.4 Å². The number of aromatic nitrogens is 1. The molecule has 0 aliphatic rings. The predicted molar refractivity (Wildman–Crippen MR) is 98.4 cm³/mol. The number of rotatable bonds is 7. The smallest absolute Gasteiger partial charge is 0.224 e. The van der Waals surface area contributed by atoms with Crippen LogP contribution in [0, 0.1) is 11.7 Å². The zero-order chi connectivity index (χ0) is 18.1. The van der Waals surface area contributed by atoms with Gasteiger partial charge < -0.3 is 15.4 Å². The van der Waals surface area contributed by atoms with Crippen molar-refractivity contribution in [1.82, 2.24) is 15.6 Å². The molecular weight excluding hydrogens is 319 g/mol. The fraction of sp³-hybridized carbons (Fsp3) is 0.368. The fourth-order valence-electron chi connectivity index (χ4n) is 2.17. The molecular formula is C19H25FN4O. The van der Waals surface area contributed by atoms with Crippen LogP contribution in [0.15, 0.2) is 47.6 Å². The third-order valence-corrected chi connectivity index (χ3v) is 3.54. The van der Waals surface area contributed by atoms with Gasteiger partial charge in [-0.1, -0.05) is 26.0 Å². The maximum atomic E-state index is 13.3. The van der Waals surface area contributed by atoms with Gasteiger partial charge in [0, 0.05) is 38.0 Å². The molecule has 1 aromatic heterocycles. The molecule has 0 radical (unpaired) electrons. The predicted octanol–water partition coefficient (Wildman–Crippen LogP) is 3.72. The molecule has 0 unspecified atom stereocenters. The van der Waals surface area contributed by atoms with E-state index in [9.17, 15) is 4.39 Å². The lowest BCUT2D eigenvalue weighted by Crippen LogP contribution is -2.37. The van der Waals surface area contributed by atoms with Crippen molar-refractivity contribution < 1.29 is 9.13 Å². The molecule has 134 valence electrons. The van der Waals surface area contributed by atoms with Crippen molar-refractivity contribution in [3.8, 4) is 11.6 Å². The van der Waals surface area contributed by atoms with E-state index in [1.807, 2.05) is 12.1 Å². The molecule has 0 saturated heterocycles. The summed E-state index contributed by atoms with van der Waals surface area (Å²) in [6, 6.07) is 9.76. The largest absolute Gasteiger partial charge is 0.439 e. The Morgan fingerprint density at radius 1 is 1.24 bits per heavy atom. The van der Waals surface area contributed by atoms with Gasteiger partial charge in [0.25, 0.3) is 0 Å². The molecule has 0 bridgehead atoms. The SMILES string of the molecule is CN=C(NCCC(C)C)NCc1cccnc1Oc1cccc(F)c1. The van der Waals surface area contributed by atoms with E-state index < -0.39 is 0 Å². The minimum Gasteiger partial charge on any atom is -0.439 e. The number of benzene rings is 1. The summed E-state index contributed by atoms with van der Waals surface area (Å²) in [5, 5.41) is 6.52. The van der Waals surface area contributed by atoms with Gasteiger partial charge in [0.05, 0.1) is 0 Å². The van der Waals surface area contributed by atoms with Gasteiger partial charge in [-0.2, -0.15) is 0 Å². The lowest BCUT2D eigenvalue weighted by atomic mass is 10.1. The lowest BCUT2D eigenvalue weighted by molar-refractivity contribution is 0.450. The normalized spacial score (nSPS) is 11.5. The summed E-state index contributed by atoms with van der Waals surface area (Å²) in [5.41, 5.74) is 0.860. The Kier molecular flexibility index (Phi) is 7.19. The second-order valence-electron chi connectivity index (χ2n) is 6.06. The Labute approximate surface area is 148 Å². The molecule has 0 aliphatic heterocycles. The Bertz CT molecular complexity index is 703. The first-order chi connectivity index (χ1) is 12.1. The standard InChI is InChI=1S/C19H25FN4O/c1-14(2)9-11-23-19(21-3)24-13-15-6-5-10-22-18(15)25-17-8-4-7-16(20)12-17/h4-8,10,12,14H,9,11,13H2,1-3H3,(H2,21,23,24). The summed E-state index contributed by atoms with van der Waals surface area (Å²) in [4.78, 5) is 8.46.